The lowest BCUT2D eigenvalue weighted by atomic mass is 9.44. The van der Waals surface area contributed by atoms with E-state index < -0.39 is 0 Å². The van der Waals surface area contributed by atoms with Crippen LogP contribution in [0.4, 0.5) is 0 Å². The first-order chi connectivity index (χ1) is 12.2. The van der Waals surface area contributed by atoms with Crippen LogP contribution in [0.3, 0.4) is 0 Å². The largest absolute Gasteiger partial charge is 0.295 e. The molecule has 0 saturated heterocycles. The lowest BCUT2D eigenvalue weighted by Gasteiger charge is -2.60. The van der Waals surface area contributed by atoms with Gasteiger partial charge in [0.2, 0.25) is 0 Å². The number of carbonyl (C=O) groups excluding carboxylic acids is 1. The maximum Gasteiger partial charge on any atom is 0.155 e. The van der Waals surface area contributed by atoms with E-state index in [9.17, 15) is 4.79 Å². The van der Waals surface area contributed by atoms with Crippen molar-refractivity contribution in [3.05, 3.63) is 11.6 Å². The highest BCUT2D eigenvalue weighted by Crippen LogP contribution is 2.64. The zero-order valence-electron chi connectivity index (χ0n) is 18.2. The van der Waals surface area contributed by atoms with Gasteiger partial charge in [0.05, 0.1) is 0 Å². The van der Waals surface area contributed by atoms with Gasteiger partial charge >= 0.3 is 0 Å². The van der Waals surface area contributed by atoms with Gasteiger partial charge < -0.3 is 0 Å². The van der Waals surface area contributed by atoms with E-state index in [1.165, 1.54) is 50.5 Å². The first kappa shape index (κ1) is 20.2. The molecule has 0 spiro atoms. The van der Waals surface area contributed by atoms with E-state index in [-0.39, 0.29) is 0 Å². The highest BCUT2D eigenvalue weighted by atomic mass is 16.1. The van der Waals surface area contributed by atoms with Crippen LogP contribution < -0.4 is 0 Å². The third-order valence-corrected chi connectivity index (χ3v) is 9.14. The summed E-state index contributed by atoms with van der Waals surface area (Å²) in [5.41, 5.74) is 2.34. The molecular formula is C25H42O. The van der Waals surface area contributed by atoms with Crippen LogP contribution in [0.25, 0.3) is 0 Å². The number of hydrogen-bond acceptors (Lipinski definition) is 1. The molecule has 0 aromatic heterocycles. The van der Waals surface area contributed by atoms with Crippen molar-refractivity contribution in [2.24, 2.45) is 40.4 Å². The van der Waals surface area contributed by atoms with Crippen LogP contribution in [0, 0.1) is 40.4 Å². The van der Waals surface area contributed by atoms with Gasteiger partial charge in [0.25, 0.3) is 0 Å². The van der Waals surface area contributed by atoms with Gasteiger partial charge in [0, 0.05) is 6.42 Å². The maximum atomic E-state index is 12.2. The van der Waals surface area contributed by atoms with Crippen molar-refractivity contribution in [1.29, 1.82) is 0 Å². The Balaban J connectivity index is 1.91. The van der Waals surface area contributed by atoms with Crippen molar-refractivity contribution in [3.63, 3.8) is 0 Å². The van der Waals surface area contributed by atoms with Crippen molar-refractivity contribution in [3.8, 4) is 0 Å². The molecule has 0 bridgehead atoms. The summed E-state index contributed by atoms with van der Waals surface area (Å²) in [6.07, 6.45) is 13.3. The molecule has 0 aliphatic heterocycles. The van der Waals surface area contributed by atoms with Gasteiger partial charge in [0.1, 0.15) is 0 Å². The number of hydrogen-bond donors (Lipinski definition) is 0. The van der Waals surface area contributed by atoms with Gasteiger partial charge in [-0.15, -0.1) is 0 Å². The average molecular weight is 359 g/mol. The van der Waals surface area contributed by atoms with Crippen LogP contribution in [0.5, 0.6) is 0 Å². The standard InChI is InChI=1S/C25H42O/c1-7-24(5)13-12-22-23(18(24)4)19(10-8-9-17(2)3)15-20-16-21(26)11-14-25(20,22)6/h16-19,22-23H,7-15H2,1-6H3/t18?,19?,22?,23-,24+,25+/m1/s1. The topological polar surface area (TPSA) is 17.1 Å². The third-order valence-electron chi connectivity index (χ3n) is 9.14. The van der Waals surface area contributed by atoms with Crippen LogP contribution >= 0.6 is 0 Å². The van der Waals surface area contributed by atoms with Crippen molar-refractivity contribution in [1.82, 2.24) is 0 Å². The molecule has 3 unspecified atom stereocenters. The lowest BCUT2D eigenvalue weighted by Crippen LogP contribution is -2.53. The normalized spacial score (nSPS) is 43.0. The number of carbonyl (C=O) groups is 1. The number of allylic oxidation sites excluding steroid dienone is 2. The van der Waals surface area contributed by atoms with Gasteiger partial charge in [-0.1, -0.05) is 66.4 Å². The summed E-state index contributed by atoms with van der Waals surface area (Å²) in [5, 5.41) is 0. The predicted octanol–water partition coefficient (Wildman–Crippen LogP) is 7.21. The Hall–Kier alpha value is -0.590. The van der Waals surface area contributed by atoms with Crippen LogP contribution in [0.1, 0.15) is 99.3 Å². The van der Waals surface area contributed by atoms with Crippen molar-refractivity contribution >= 4 is 5.78 Å². The zero-order valence-corrected chi connectivity index (χ0v) is 18.2. The molecule has 26 heavy (non-hydrogen) atoms. The van der Waals surface area contributed by atoms with E-state index >= 15 is 0 Å². The van der Waals surface area contributed by atoms with Gasteiger partial charge in [-0.2, -0.15) is 0 Å². The fourth-order valence-corrected chi connectivity index (χ4v) is 6.89. The minimum absolute atomic E-state index is 0.302. The molecule has 148 valence electrons. The second-order valence-electron chi connectivity index (χ2n) is 10.9. The molecular weight excluding hydrogens is 316 g/mol. The molecule has 3 aliphatic carbocycles. The molecule has 2 saturated carbocycles. The second kappa shape index (κ2) is 7.44. The van der Waals surface area contributed by atoms with Gasteiger partial charge in [-0.25, -0.2) is 0 Å². The molecule has 0 N–H and O–H groups in total. The molecule has 0 aromatic rings. The Bertz CT molecular complexity index is 559. The molecule has 0 aromatic carbocycles. The summed E-state index contributed by atoms with van der Waals surface area (Å²) in [7, 11) is 0. The second-order valence-corrected chi connectivity index (χ2v) is 10.9. The summed E-state index contributed by atoms with van der Waals surface area (Å²) >= 11 is 0. The van der Waals surface area contributed by atoms with Crippen LogP contribution in [-0.2, 0) is 4.79 Å². The fourth-order valence-electron chi connectivity index (χ4n) is 6.89. The van der Waals surface area contributed by atoms with Crippen molar-refractivity contribution in [2.45, 2.75) is 99.3 Å². The van der Waals surface area contributed by atoms with E-state index in [0.29, 0.717) is 16.6 Å². The number of rotatable bonds is 5. The number of fused-ring (bicyclic) bond motifs is 3. The predicted molar refractivity (Wildman–Crippen MR) is 111 cm³/mol. The Labute approximate surface area is 162 Å². The SMILES string of the molecule is CC[C@@]1(C)CCC2[C@@H](C(CCCC(C)C)CC3=CC(=O)CC[C@@]32C)C1C. The van der Waals surface area contributed by atoms with Gasteiger partial charge in [-0.3, -0.25) is 4.79 Å². The smallest absolute Gasteiger partial charge is 0.155 e. The van der Waals surface area contributed by atoms with Crippen molar-refractivity contribution < 1.29 is 4.79 Å². The minimum atomic E-state index is 0.302. The molecule has 1 nitrogen and oxygen atoms in total. The fraction of sp³-hybridized carbons (Fsp3) is 0.880. The summed E-state index contributed by atoms with van der Waals surface area (Å²) in [6, 6.07) is 0. The Kier molecular flexibility index (Phi) is 5.76. The van der Waals surface area contributed by atoms with Gasteiger partial charge in [-0.05, 0) is 78.6 Å². The Morgan fingerprint density at radius 3 is 2.62 bits per heavy atom. The molecule has 3 rings (SSSR count). The Morgan fingerprint density at radius 1 is 1.23 bits per heavy atom. The lowest BCUT2D eigenvalue weighted by molar-refractivity contribution is -0.118. The van der Waals surface area contributed by atoms with Gasteiger partial charge in [0.15, 0.2) is 5.78 Å². The first-order valence-corrected chi connectivity index (χ1v) is 11.4. The zero-order chi connectivity index (χ0) is 19.1. The highest BCUT2D eigenvalue weighted by molar-refractivity contribution is 5.91. The summed E-state index contributed by atoms with van der Waals surface area (Å²) in [6.45, 7) is 14.7. The number of ketones is 1. The van der Waals surface area contributed by atoms with E-state index in [4.69, 9.17) is 0 Å². The molecule has 3 aliphatic rings. The Morgan fingerprint density at radius 2 is 1.96 bits per heavy atom. The average Bonchev–Trinajstić information content (AvgIpc) is 2.59. The van der Waals surface area contributed by atoms with Crippen LogP contribution in [-0.4, -0.2) is 5.78 Å². The van der Waals surface area contributed by atoms with E-state index in [1.54, 1.807) is 0 Å². The summed E-state index contributed by atoms with van der Waals surface area (Å²) in [4.78, 5) is 12.2. The maximum absolute atomic E-state index is 12.2. The van der Waals surface area contributed by atoms with Crippen molar-refractivity contribution in [2.75, 3.05) is 0 Å². The molecule has 0 heterocycles. The quantitative estimate of drug-likeness (QED) is 0.507. The summed E-state index contributed by atoms with van der Waals surface area (Å²) < 4.78 is 0. The molecule has 6 atom stereocenters. The van der Waals surface area contributed by atoms with Crippen LogP contribution in [0.2, 0.25) is 0 Å². The van der Waals surface area contributed by atoms with E-state index in [0.717, 1.165) is 42.4 Å². The minimum Gasteiger partial charge on any atom is -0.295 e. The molecule has 0 amide bonds. The highest BCUT2D eigenvalue weighted by Gasteiger charge is 2.56. The summed E-state index contributed by atoms with van der Waals surface area (Å²) in [5.74, 6) is 4.46. The molecule has 1 heteroatoms. The monoisotopic (exact) mass is 358 g/mol. The van der Waals surface area contributed by atoms with Crippen LogP contribution in [0.15, 0.2) is 11.6 Å². The molecule has 0 radical (unpaired) electrons. The van der Waals surface area contributed by atoms with E-state index in [1.807, 2.05) is 0 Å². The van der Waals surface area contributed by atoms with E-state index in [2.05, 4.69) is 47.6 Å². The first-order valence-electron chi connectivity index (χ1n) is 11.4. The molecule has 2 fully saturated rings. The third kappa shape index (κ3) is 3.45.